The molecule has 3 rings (SSSR count). The number of carboxylic acid groups (broad SMARTS) is 3. The molecule has 0 fully saturated rings. The highest BCUT2D eigenvalue weighted by atomic mass is 16.4. The molecule has 11 N–H and O–H groups in total. The van der Waals surface area contributed by atoms with E-state index in [4.69, 9.17) is 15.9 Å². The lowest BCUT2D eigenvalue weighted by Crippen LogP contribution is -2.44. The zero-order valence-electron chi connectivity index (χ0n) is 21.6. The maximum atomic E-state index is 12.6. The third-order valence-electron chi connectivity index (χ3n) is 6.05. The van der Waals surface area contributed by atoms with Crippen LogP contribution in [0.3, 0.4) is 0 Å². The summed E-state index contributed by atoms with van der Waals surface area (Å²) in [6, 6.07) is 3.12. The number of hydrogen-bond acceptors (Lipinski definition) is 11. The number of H-pyrrole nitrogens is 1. The monoisotopic (exact) mass is 574 g/mol. The zero-order chi connectivity index (χ0) is 30.1. The number of nitrogen functional groups attached to an aromatic ring is 1. The van der Waals surface area contributed by atoms with E-state index in [2.05, 4.69) is 36.6 Å². The minimum absolute atomic E-state index is 0.00256. The standard InChI is InChI=1S/C24H30N8O9/c25-24-31-19-18(21(37)32-24)28-13(10-27-19)9-26-12-3-1-11(2-4-12)20(36)30-15(23(40)41)5-7-16(33)29-14(22(38)39)6-8-17(34)35/h1-4,13-15,26,28H,5-10H2,(H,29,33)(H,30,36)(H,34,35)(H,38,39)(H,40,41)(H4,25,27,31,32,37)/t13?,14-,15-/m0/s1. The van der Waals surface area contributed by atoms with Crippen LogP contribution in [-0.2, 0) is 19.2 Å². The average molecular weight is 575 g/mol. The lowest BCUT2D eigenvalue weighted by atomic mass is 10.1. The Labute approximate surface area is 231 Å². The van der Waals surface area contributed by atoms with Crippen LogP contribution in [0.2, 0.25) is 0 Å². The molecule has 0 radical (unpaired) electrons. The van der Waals surface area contributed by atoms with Crippen LogP contribution >= 0.6 is 0 Å². The van der Waals surface area contributed by atoms with Crippen molar-refractivity contribution >= 4 is 52.9 Å². The second kappa shape index (κ2) is 13.6. The second-order valence-electron chi connectivity index (χ2n) is 9.15. The largest absolute Gasteiger partial charge is 0.481 e. The molecular formula is C24H30N8O9. The molecule has 0 saturated carbocycles. The molecule has 17 nitrogen and oxygen atoms in total. The highest BCUT2D eigenvalue weighted by Gasteiger charge is 2.25. The lowest BCUT2D eigenvalue weighted by Gasteiger charge is -2.27. The fraction of sp³-hybridized carbons (Fsp3) is 0.375. The van der Waals surface area contributed by atoms with Crippen molar-refractivity contribution < 1.29 is 39.3 Å². The van der Waals surface area contributed by atoms with Gasteiger partial charge in [-0.25, -0.2) is 9.59 Å². The first kappa shape index (κ1) is 30.2. The van der Waals surface area contributed by atoms with Gasteiger partial charge in [-0.3, -0.25) is 24.2 Å². The van der Waals surface area contributed by atoms with E-state index in [0.717, 1.165) is 0 Å². The number of nitrogens with one attached hydrogen (secondary N) is 6. The molecule has 17 heteroatoms. The third-order valence-corrected chi connectivity index (χ3v) is 6.05. The quantitative estimate of drug-likeness (QED) is 0.130. The number of rotatable bonds is 14. The molecule has 1 aromatic carbocycles. The molecule has 1 aliphatic heterocycles. The number of carboxylic acids is 3. The van der Waals surface area contributed by atoms with Crippen molar-refractivity contribution in [2.24, 2.45) is 0 Å². The van der Waals surface area contributed by atoms with Gasteiger partial charge in [0.1, 0.15) is 17.8 Å². The molecule has 2 aromatic rings. The van der Waals surface area contributed by atoms with E-state index in [1.165, 1.54) is 12.1 Å². The first-order chi connectivity index (χ1) is 19.4. The van der Waals surface area contributed by atoms with Gasteiger partial charge < -0.3 is 47.6 Å². The summed E-state index contributed by atoms with van der Waals surface area (Å²) < 4.78 is 0. The molecular weight excluding hydrogens is 544 g/mol. The first-order valence-corrected chi connectivity index (χ1v) is 12.4. The SMILES string of the molecule is Nc1nc2c(c(=O)[nH]1)NC(CNc1ccc(C(=O)N[C@@H](CCC(=O)N[C@@H](CCC(=O)O)C(=O)O)C(=O)O)cc1)CN2. The first-order valence-electron chi connectivity index (χ1n) is 12.4. The fourth-order valence-corrected chi connectivity index (χ4v) is 3.90. The van der Waals surface area contributed by atoms with E-state index < -0.39 is 60.2 Å². The minimum Gasteiger partial charge on any atom is -0.481 e. The normalized spacial score (nSPS) is 15.2. The summed E-state index contributed by atoms with van der Waals surface area (Å²) in [4.78, 5) is 76.8. The number of amides is 2. The Morgan fingerprint density at radius 1 is 0.976 bits per heavy atom. The molecule has 220 valence electrons. The Bertz CT molecular complexity index is 1360. The van der Waals surface area contributed by atoms with Crippen LogP contribution in [0.25, 0.3) is 0 Å². The van der Waals surface area contributed by atoms with E-state index in [0.29, 0.717) is 24.6 Å². The van der Waals surface area contributed by atoms with E-state index in [1.807, 2.05) is 0 Å². The van der Waals surface area contributed by atoms with E-state index in [1.54, 1.807) is 12.1 Å². The number of benzene rings is 1. The average Bonchev–Trinajstić information content (AvgIpc) is 2.91. The van der Waals surface area contributed by atoms with Gasteiger partial charge in [0.25, 0.3) is 11.5 Å². The van der Waals surface area contributed by atoms with Crippen LogP contribution in [0.4, 0.5) is 23.1 Å². The van der Waals surface area contributed by atoms with E-state index in [-0.39, 0.29) is 36.1 Å². The predicted molar refractivity (Wildman–Crippen MR) is 145 cm³/mol. The van der Waals surface area contributed by atoms with E-state index in [9.17, 15) is 33.9 Å². The summed E-state index contributed by atoms with van der Waals surface area (Å²) in [6.45, 7) is 0.869. The fourth-order valence-electron chi connectivity index (χ4n) is 3.90. The van der Waals surface area contributed by atoms with Gasteiger partial charge in [-0.1, -0.05) is 0 Å². The van der Waals surface area contributed by atoms with Gasteiger partial charge >= 0.3 is 17.9 Å². The van der Waals surface area contributed by atoms with Gasteiger partial charge in [0.2, 0.25) is 11.9 Å². The summed E-state index contributed by atoms with van der Waals surface area (Å²) in [5, 5.41) is 41.1. The lowest BCUT2D eigenvalue weighted by molar-refractivity contribution is -0.143. The highest BCUT2D eigenvalue weighted by Crippen LogP contribution is 2.20. The Morgan fingerprint density at radius 2 is 1.61 bits per heavy atom. The molecule has 2 amide bonds. The van der Waals surface area contributed by atoms with Crippen LogP contribution in [0.1, 0.15) is 36.0 Å². The maximum absolute atomic E-state index is 12.6. The molecule has 1 unspecified atom stereocenters. The second-order valence-corrected chi connectivity index (χ2v) is 9.15. The number of fused-ring (bicyclic) bond motifs is 1. The smallest absolute Gasteiger partial charge is 0.326 e. The molecule has 0 saturated heterocycles. The predicted octanol–water partition coefficient (Wildman–Crippen LogP) is -0.932. The number of carbonyl (C=O) groups excluding carboxylic acids is 2. The van der Waals surface area contributed by atoms with Gasteiger partial charge in [-0.15, -0.1) is 0 Å². The topological polar surface area (TPSA) is 278 Å². The molecule has 3 atom stereocenters. The van der Waals surface area contributed by atoms with Crippen LogP contribution < -0.4 is 37.9 Å². The van der Waals surface area contributed by atoms with Crippen LogP contribution in [0, 0.1) is 0 Å². The van der Waals surface area contributed by atoms with Crippen LogP contribution in [0.5, 0.6) is 0 Å². The van der Waals surface area contributed by atoms with Crippen molar-refractivity contribution in [3.8, 4) is 0 Å². The Hall–Kier alpha value is -5.35. The van der Waals surface area contributed by atoms with Crippen molar-refractivity contribution in [2.75, 3.05) is 34.8 Å². The number of anilines is 4. The maximum Gasteiger partial charge on any atom is 0.326 e. The Kier molecular flexibility index (Phi) is 10.0. The van der Waals surface area contributed by atoms with Gasteiger partial charge in [0.15, 0.2) is 5.82 Å². The minimum atomic E-state index is -1.44. The summed E-state index contributed by atoms with van der Waals surface area (Å²) in [5.41, 5.74) is 6.23. The zero-order valence-corrected chi connectivity index (χ0v) is 21.6. The van der Waals surface area contributed by atoms with Gasteiger partial charge in [-0.2, -0.15) is 4.98 Å². The van der Waals surface area contributed by atoms with Crippen molar-refractivity contribution in [1.29, 1.82) is 0 Å². The highest BCUT2D eigenvalue weighted by molar-refractivity contribution is 5.97. The van der Waals surface area contributed by atoms with Gasteiger partial charge in [-0.05, 0) is 37.1 Å². The number of nitrogens with zero attached hydrogens (tertiary/aromatic N) is 1. The Balaban J connectivity index is 1.49. The number of carbonyl (C=O) groups is 5. The summed E-state index contributed by atoms with van der Waals surface area (Å²) >= 11 is 0. The summed E-state index contributed by atoms with van der Waals surface area (Å²) in [5.74, 6) is -5.17. The Morgan fingerprint density at radius 3 is 2.24 bits per heavy atom. The molecule has 41 heavy (non-hydrogen) atoms. The summed E-state index contributed by atoms with van der Waals surface area (Å²) in [6.07, 6.45) is -1.55. The molecule has 0 aliphatic carbocycles. The number of aromatic nitrogens is 2. The number of nitrogens with two attached hydrogens (primary N) is 1. The van der Waals surface area contributed by atoms with Crippen LogP contribution in [0.15, 0.2) is 29.1 Å². The number of aliphatic carboxylic acids is 3. The molecule has 2 heterocycles. The van der Waals surface area contributed by atoms with Crippen molar-refractivity contribution in [2.45, 2.75) is 43.8 Å². The van der Waals surface area contributed by atoms with Gasteiger partial charge in [0.05, 0.1) is 6.04 Å². The van der Waals surface area contributed by atoms with Crippen molar-refractivity contribution in [3.05, 3.63) is 40.2 Å². The third kappa shape index (κ3) is 8.84. The van der Waals surface area contributed by atoms with Crippen molar-refractivity contribution in [3.63, 3.8) is 0 Å². The van der Waals surface area contributed by atoms with Crippen LogP contribution in [-0.4, -0.2) is 86.2 Å². The molecule has 1 aromatic heterocycles. The van der Waals surface area contributed by atoms with Crippen molar-refractivity contribution in [1.82, 2.24) is 20.6 Å². The molecule has 0 spiro atoms. The van der Waals surface area contributed by atoms with Gasteiger partial charge in [0, 0.05) is 37.2 Å². The molecule has 1 aliphatic rings. The van der Waals surface area contributed by atoms with E-state index >= 15 is 0 Å². The number of hydrogen-bond donors (Lipinski definition) is 10. The summed E-state index contributed by atoms with van der Waals surface area (Å²) in [7, 11) is 0. The number of aromatic amines is 1. The molecule has 0 bridgehead atoms.